The molecule has 2 nitrogen and oxygen atoms in total. The van der Waals surface area contributed by atoms with Gasteiger partial charge in [-0.25, -0.2) is 0 Å². The number of carbonyl (C=O) groups excluding carboxylic acids is 1. The Bertz CT molecular complexity index is 197. The second kappa shape index (κ2) is 2.94. The third-order valence-corrected chi connectivity index (χ3v) is 1.71. The van der Waals surface area contributed by atoms with Gasteiger partial charge in [0.15, 0.2) is 0 Å². The van der Waals surface area contributed by atoms with Crippen LogP contribution in [0, 0.1) is 0 Å². The van der Waals surface area contributed by atoms with Gasteiger partial charge in [-0.15, -0.1) is 11.3 Å². The van der Waals surface area contributed by atoms with Gasteiger partial charge in [-0.2, -0.15) is 0 Å². The van der Waals surface area contributed by atoms with E-state index in [9.17, 15) is 4.79 Å². The summed E-state index contributed by atoms with van der Waals surface area (Å²) >= 11 is 6.54. The smallest absolute Gasteiger partial charge is 0.226 e. The molecule has 0 aliphatic heterocycles. The average molecular weight is 162 g/mol. The summed E-state index contributed by atoms with van der Waals surface area (Å²) in [5.74, 6) is 0. The van der Waals surface area contributed by atoms with Crippen LogP contribution in [-0.2, 0) is 11.2 Å². The molecule has 0 radical (unpaired) electrons. The van der Waals surface area contributed by atoms with E-state index in [1.807, 2.05) is 0 Å². The summed E-state index contributed by atoms with van der Waals surface area (Å²) in [6.45, 7) is 0. The highest BCUT2D eigenvalue weighted by atomic mass is 35.5. The molecular weight excluding hydrogens is 158 g/mol. The van der Waals surface area contributed by atoms with Crippen molar-refractivity contribution in [1.82, 2.24) is 4.98 Å². The van der Waals surface area contributed by atoms with Crippen LogP contribution in [-0.4, -0.2) is 10.2 Å². The van der Waals surface area contributed by atoms with Crippen LogP contribution in [0.4, 0.5) is 0 Å². The largest absolute Gasteiger partial charge is 0.281 e. The number of hydrogen-bond acceptors (Lipinski definition) is 3. The first kappa shape index (κ1) is 6.71. The maximum absolute atomic E-state index is 10.3. The zero-order chi connectivity index (χ0) is 6.69. The molecule has 0 aromatic carbocycles. The van der Waals surface area contributed by atoms with Gasteiger partial charge in [0.2, 0.25) is 5.24 Å². The number of aromatic nitrogens is 1. The van der Waals surface area contributed by atoms with Gasteiger partial charge < -0.3 is 0 Å². The van der Waals surface area contributed by atoms with E-state index in [-0.39, 0.29) is 5.24 Å². The minimum Gasteiger partial charge on any atom is -0.281 e. The first-order chi connectivity index (χ1) is 4.29. The third kappa shape index (κ3) is 2.11. The number of halogens is 1. The molecule has 0 atom stereocenters. The molecule has 1 rings (SSSR count). The van der Waals surface area contributed by atoms with E-state index in [0.717, 1.165) is 4.88 Å². The van der Waals surface area contributed by atoms with Crippen LogP contribution < -0.4 is 0 Å². The molecule has 1 aromatic heterocycles. The number of hydrogen-bond donors (Lipinski definition) is 0. The summed E-state index contributed by atoms with van der Waals surface area (Å²) in [6.07, 6.45) is 1.94. The third-order valence-electron chi connectivity index (χ3n) is 0.797. The van der Waals surface area contributed by atoms with Crippen molar-refractivity contribution in [3.05, 3.63) is 16.6 Å². The highest BCUT2D eigenvalue weighted by Gasteiger charge is 1.98. The van der Waals surface area contributed by atoms with Gasteiger partial charge in [0.1, 0.15) is 0 Å². The van der Waals surface area contributed by atoms with E-state index in [2.05, 4.69) is 4.98 Å². The maximum atomic E-state index is 10.3. The monoisotopic (exact) mass is 161 g/mol. The molecular formula is C5H4ClNOS. The van der Waals surface area contributed by atoms with Crippen LogP contribution in [0.5, 0.6) is 0 Å². The summed E-state index contributed by atoms with van der Waals surface area (Å²) in [6, 6.07) is 0. The lowest BCUT2D eigenvalue weighted by Crippen LogP contribution is -1.88. The second-order valence-electron chi connectivity index (χ2n) is 1.50. The molecule has 9 heavy (non-hydrogen) atoms. The molecule has 0 bridgehead atoms. The Morgan fingerprint density at radius 2 is 2.67 bits per heavy atom. The zero-order valence-corrected chi connectivity index (χ0v) is 6.08. The Hall–Kier alpha value is -0.410. The van der Waals surface area contributed by atoms with Crippen molar-refractivity contribution in [2.24, 2.45) is 0 Å². The number of carbonyl (C=O) groups is 1. The number of nitrogens with zero attached hydrogens (tertiary/aromatic N) is 1. The summed E-state index contributed by atoms with van der Waals surface area (Å²) in [7, 11) is 0. The molecule has 0 saturated carbocycles. The molecule has 4 heteroatoms. The highest BCUT2D eigenvalue weighted by molar-refractivity contribution is 7.09. The molecule has 1 aromatic rings. The Labute approximate surface area is 61.5 Å². The highest BCUT2D eigenvalue weighted by Crippen LogP contribution is 2.06. The van der Waals surface area contributed by atoms with Crippen molar-refractivity contribution in [2.75, 3.05) is 0 Å². The van der Waals surface area contributed by atoms with Crippen LogP contribution >= 0.6 is 22.9 Å². The van der Waals surface area contributed by atoms with Gasteiger partial charge in [-0.3, -0.25) is 9.78 Å². The minimum absolute atomic E-state index is 0.298. The van der Waals surface area contributed by atoms with E-state index in [1.54, 1.807) is 11.7 Å². The van der Waals surface area contributed by atoms with E-state index >= 15 is 0 Å². The van der Waals surface area contributed by atoms with Crippen LogP contribution in [0.2, 0.25) is 0 Å². The van der Waals surface area contributed by atoms with Crippen molar-refractivity contribution in [3.63, 3.8) is 0 Å². The van der Waals surface area contributed by atoms with Gasteiger partial charge >= 0.3 is 0 Å². The van der Waals surface area contributed by atoms with Gasteiger partial charge in [0.05, 0.1) is 11.9 Å². The normalized spacial score (nSPS) is 9.44. The van der Waals surface area contributed by atoms with Gasteiger partial charge in [-0.1, -0.05) is 0 Å². The molecule has 1 heterocycles. The fraction of sp³-hybridized carbons (Fsp3) is 0.200. The van der Waals surface area contributed by atoms with E-state index < -0.39 is 0 Å². The van der Waals surface area contributed by atoms with E-state index in [1.165, 1.54) is 11.3 Å². The first-order valence-corrected chi connectivity index (χ1v) is 3.60. The Morgan fingerprint density at radius 1 is 1.89 bits per heavy atom. The summed E-state index contributed by atoms with van der Waals surface area (Å²) in [4.78, 5) is 15.0. The molecule has 0 saturated heterocycles. The minimum atomic E-state index is -0.334. The zero-order valence-electron chi connectivity index (χ0n) is 4.50. The van der Waals surface area contributed by atoms with Crippen molar-refractivity contribution in [3.8, 4) is 0 Å². The standard InChI is InChI=1S/C5H4ClNOS/c6-5(8)1-4-2-7-3-9-4/h2-3H,1H2. The quantitative estimate of drug-likeness (QED) is 0.615. The van der Waals surface area contributed by atoms with E-state index in [0.29, 0.717) is 6.42 Å². The SMILES string of the molecule is O=C(Cl)Cc1cncs1. The predicted molar refractivity (Wildman–Crippen MR) is 36.7 cm³/mol. The lowest BCUT2D eigenvalue weighted by Gasteiger charge is -1.82. The summed E-state index contributed by atoms with van der Waals surface area (Å²) in [5.41, 5.74) is 1.68. The van der Waals surface area contributed by atoms with Gasteiger partial charge in [-0.05, 0) is 11.6 Å². The summed E-state index contributed by atoms with van der Waals surface area (Å²) < 4.78 is 0. The lowest BCUT2D eigenvalue weighted by molar-refractivity contribution is -0.111. The molecule has 0 N–H and O–H groups in total. The molecule has 0 aliphatic carbocycles. The topological polar surface area (TPSA) is 30.0 Å². The first-order valence-electron chi connectivity index (χ1n) is 2.35. The van der Waals surface area contributed by atoms with Crippen molar-refractivity contribution >= 4 is 28.2 Å². The van der Waals surface area contributed by atoms with Crippen LogP contribution in [0.15, 0.2) is 11.7 Å². The number of thiazole rings is 1. The predicted octanol–water partition coefficient (Wildman–Crippen LogP) is 1.45. The van der Waals surface area contributed by atoms with Crippen LogP contribution in [0.1, 0.15) is 4.88 Å². The second-order valence-corrected chi connectivity index (χ2v) is 2.89. The fourth-order valence-electron chi connectivity index (χ4n) is 0.466. The molecule has 0 aliphatic rings. The van der Waals surface area contributed by atoms with Gasteiger partial charge in [0, 0.05) is 11.1 Å². The van der Waals surface area contributed by atoms with Crippen LogP contribution in [0.3, 0.4) is 0 Å². The fourth-order valence-corrected chi connectivity index (χ4v) is 1.28. The van der Waals surface area contributed by atoms with Crippen molar-refractivity contribution < 1.29 is 4.79 Å². The Kier molecular flexibility index (Phi) is 2.19. The molecule has 0 spiro atoms. The number of rotatable bonds is 2. The molecule has 0 amide bonds. The van der Waals surface area contributed by atoms with Crippen molar-refractivity contribution in [1.29, 1.82) is 0 Å². The molecule has 0 unspecified atom stereocenters. The average Bonchev–Trinajstić information content (AvgIpc) is 2.15. The maximum Gasteiger partial charge on any atom is 0.226 e. The molecule has 0 fully saturated rings. The van der Waals surface area contributed by atoms with Crippen LogP contribution in [0.25, 0.3) is 0 Å². The van der Waals surface area contributed by atoms with Gasteiger partial charge in [0.25, 0.3) is 0 Å². The molecule has 48 valence electrons. The van der Waals surface area contributed by atoms with E-state index in [4.69, 9.17) is 11.6 Å². The Balaban J connectivity index is 2.58. The lowest BCUT2D eigenvalue weighted by atomic mass is 10.4. The summed E-state index contributed by atoms with van der Waals surface area (Å²) in [5, 5.41) is -0.334. The Morgan fingerprint density at radius 3 is 3.11 bits per heavy atom. The van der Waals surface area contributed by atoms with Crippen molar-refractivity contribution in [2.45, 2.75) is 6.42 Å².